The molecule has 1 atom stereocenters. The zero-order valence-electron chi connectivity index (χ0n) is 10.9. The van der Waals surface area contributed by atoms with E-state index in [1.54, 1.807) is 6.92 Å². The van der Waals surface area contributed by atoms with E-state index in [-0.39, 0.29) is 5.91 Å². The number of amides is 1. The third-order valence-electron chi connectivity index (χ3n) is 3.99. The van der Waals surface area contributed by atoms with Gasteiger partial charge in [-0.05, 0) is 51.2 Å². The first-order valence-electron chi connectivity index (χ1n) is 6.94. The highest BCUT2D eigenvalue weighted by Gasteiger charge is 2.22. The molecule has 1 amide bonds. The minimum absolute atomic E-state index is 0.0996. The molecule has 4 heteroatoms. The third kappa shape index (κ3) is 4.28. The van der Waals surface area contributed by atoms with Gasteiger partial charge in [0.1, 0.15) is 0 Å². The number of hydrogen-bond acceptors (Lipinski definition) is 3. The smallest absolute Gasteiger partial charge is 0.216 e. The van der Waals surface area contributed by atoms with E-state index in [0.717, 1.165) is 12.6 Å². The van der Waals surface area contributed by atoms with Gasteiger partial charge in [-0.3, -0.25) is 4.79 Å². The van der Waals surface area contributed by atoms with E-state index in [9.17, 15) is 4.79 Å². The number of nitrogens with zero attached hydrogens (tertiary/aromatic N) is 1. The van der Waals surface area contributed by atoms with Crippen LogP contribution in [0.3, 0.4) is 0 Å². The van der Waals surface area contributed by atoms with Crippen molar-refractivity contribution in [3.05, 3.63) is 0 Å². The molecule has 0 bridgehead atoms. The number of carbonyl (C=O) groups excluding carboxylic acids is 1. The van der Waals surface area contributed by atoms with Crippen LogP contribution in [0.1, 0.15) is 32.6 Å². The number of nitrogens with one attached hydrogen (secondary N) is 2. The number of likely N-dealkylation sites (tertiary alicyclic amines) is 1. The summed E-state index contributed by atoms with van der Waals surface area (Å²) in [6.07, 6.45) is 5.13. The fourth-order valence-corrected chi connectivity index (χ4v) is 2.89. The van der Waals surface area contributed by atoms with Gasteiger partial charge < -0.3 is 15.5 Å². The Balaban J connectivity index is 1.61. The molecule has 0 aromatic rings. The van der Waals surface area contributed by atoms with Gasteiger partial charge in [0, 0.05) is 26.1 Å². The van der Waals surface area contributed by atoms with Crippen LogP contribution in [-0.2, 0) is 4.79 Å². The van der Waals surface area contributed by atoms with Crippen molar-refractivity contribution in [2.45, 2.75) is 38.6 Å². The van der Waals surface area contributed by atoms with Gasteiger partial charge in [0.25, 0.3) is 0 Å². The molecule has 2 aliphatic rings. The van der Waals surface area contributed by atoms with Crippen LogP contribution < -0.4 is 10.6 Å². The molecule has 0 spiro atoms. The molecule has 2 N–H and O–H groups in total. The second-order valence-corrected chi connectivity index (χ2v) is 5.47. The molecular weight excluding hydrogens is 214 g/mol. The zero-order valence-corrected chi connectivity index (χ0v) is 10.9. The van der Waals surface area contributed by atoms with Crippen molar-refractivity contribution in [1.82, 2.24) is 15.5 Å². The van der Waals surface area contributed by atoms with Gasteiger partial charge in [0.05, 0.1) is 0 Å². The van der Waals surface area contributed by atoms with Crippen LogP contribution in [0.4, 0.5) is 0 Å². The third-order valence-corrected chi connectivity index (χ3v) is 3.99. The van der Waals surface area contributed by atoms with Crippen LogP contribution in [0.25, 0.3) is 0 Å². The summed E-state index contributed by atoms with van der Waals surface area (Å²) in [7, 11) is 0. The summed E-state index contributed by atoms with van der Waals surface area (Å²) in [5, 5.41) is 6.49. The van der Waals surface area contributed by atoms with Crippen molar-refractivity contribution in [2.24, 2.45) is 5.92 Å². The molecule has 2 rings (SSSR count). The Bertz CT molecular complexity index is 243. The minimum atomic E-state index is 0.0996. The molecule has 0 aliphatic carbocycles. The van der Waals surface area contributed by atoms with Gasteiger partial charge in [-0.15, -0.1) is 0 Å². The summed E-state index contributed by atoms with van der Waals surface area (Å²) < 4.78 is 0. The molecule has 0 saturated carbocycles. The molecule has 0 aromatic heterocycles. The predicted molar refractivity (Wildman–Crippen MR) is 68.9 cm³/mol. The van der Waals surface area contributed by atoms with E-state index in [1.165, 1.54) is 51.9 Å². The lowest BCUT2D eigenvalue weighted by Crippen LogP contribution is -2.43. The number of piperidine rings is 1. The molecule has 0 aromatic carbocycles. The summed E-state index contributed by atoms with van der Waals surface area (Å²) in [6, 6.07) is 0.724. The van der Waals surface area contributed by atoms with Gasteiger partial charge >= 0.3 is 0 Å². The van der Waals surface area contributed by atoms with Crippen molar-refractivity contribution in [1.29, 1.82) is 0 Å². The number of carbonyl (C=O) groups is 1. The first-order valence-corrected chi connectivity index (χ1v) is 6.94. The second kappa shape index (κ2) is 6.36. The highest BCUT2D eigenvalue weighted by molar-refractivity contribution is 5.72. The Morgan fingerprint density at radius 1 is 1.35 bits per heavy atom. The average Bonchev–Trinajstić information content (AvgIpc) is 2.81. The summed E-state index contributed by atoms with van der Waals surface area (Å²) in [5.41, 5.74) is 0. The maximum absolute atomic E-state index is 10.9. The number of rotatable bonds is 4. The lowest BCUT2D eigenvalue weighted by atomic mass is 9.96. The maximum atomic E-state index is 10.9. The van der Waals surface area contributed by atoms with Gasteiger partial charge in [-0.2, -0.15) is 0 Å². The van der Waals surface area contributed by atoms with Crippen LogP contribution in [0.5, 0.6) is 0 Å². The Hall–Kier alpha value is -0.610. The van der Waals surface area contributed by atoms with Crippen molar-refractivity contribution >= 4 is 5.91 Å². The van der Waals surface area contributed by atoms with E-state index in [2.05, 4.69) is 15.5 Å². The van der Waals surface area contributed by atoms with E-state index in [1.807, 2.05) is 0 Å². The minimum Gasteiger partial charge on any atom is -0.356 e. The Kier molecular flexibility index (Phi) is 4.80. The van der Waals surface area contributed by atoms with Crippen LogP contribution in [-0.4, -0.2) is 49.6 Å². The monoisotopic (exact) mass is 239 g/mol. The standard InChI is InChI=1S/C13H25N3O/c1-11(17)15-9-12-4-7-16(8-5-12)10-13-3-2-6-14-13/h12-14H,2-10H2,1H3,(H,15,17)/t13-/m1/s1. The lowest BCUT2D eigenvalue weighted by Gasteiger charge is -2.33. The number of hydrogen-bond donors (Lipinski definition) is 2. The van der Waals surface area contributed by atoms with Gasteiger partial charge in [0.2, 0.25) is 5.91 Å². The Labute approximate surface area is 104 Å². The first-order chi connectivity index (χ1) is 8.24. The normalized spacial score (nSPS) is 27.2. The summed E-state index contributed by atoms with van der Waals surface area (Å²) >= 11 is 0. The molecule has 2 fully saturated rings. The molecule has 2 heterocycles. The lowest BCUT2D eigenvalue weighted by molar-refractivity contribution is -0.119. The maximum Gasteiger partial charge on any atom is 0.216 e. The molecular formula is C13H25N3O. The molecule has 0 unspecified atom stereocenters. The summed E-state index contributed by atoms with van der Waals surface area (Å²) in [5.74, 6) is 0.786. The summed E-state index contributed by atoms with van der Waals surface area (Å²) in [4.78, 5) is 13.4. The Morgan fingerprint density at radius 3 is 2.71 bits per heavy atom. The second-order valence-electron chi connectivity index (χ2n) is 5.47. The van der Waals surface area contributed by atoms with E-state index in [4.69, 9.17) is 0 Å². The molecule has 98 valence electrons. The molecule has 2 saturated heterocycles. The molecule has 0 radical (unpaired) electrons. The first kappa shape index (κ1) is 12.8. The highest BCUT2D eigenvalue weighted by Crippen LogP contribution is 2.17. The molecule has 4 nitrogen and oxygen atoms in total. The van der Waals surface area contributed by atoms with Crippen LogP contribution >= 0.6 is 0 Å². The topological polar surface area (TPSA) is 44.4 Å². The van der Waals surface area contributed by atoms with Crippen LogP contribution in [0.2, 0.25) is 0 Å². The van der Waals surface area contributed by atoms with Crippen molar-refractivity contribution in [2.75, 3.05) is 32.7 Å². The van der Waals surface area contributed by atoms with Crippen molar-refractivity contribution in [3.63, 3.8) is 0 Å². The molecule has 17 heavy (non-hydrogen) atoms. The van der Waals surface area contributed by atoms with Gasteiger partial charge in [-0.1, -0.05) is 0 Å². The zero-order chi connectivity index (χ0) is 12.1. The highest BCUT2D eigenvalue weighted by atomic mass is 16.1. The van der Waals surface area contributed by atoms with Gasteiger partial charge in [-0.25, -0.2) is 0 Å². The Morgan fingerprint density at radius 2 is 2.12 bits per heavy atom. The van der Waals surface area contributed by atoms with E-state index >= 15 is 0 Å². The van der Waals surface area contributed by atoms with Crippen molar-refractivity contribution in [3.8, 4) is 0 Å². The average molecular weight is 239 g/mol. The largest absolute Gasteiger partial charge is 0.356 e. The predicted octanol–water partition coefficient (Wildman–Crippen LogP) is 0.587. The SMILES string of the molecule is CC(=O)NCC1CCN(C[C@H]2CCCN2)CC1. The van der Waals surface area contributed by atoms with Gasteiger partial charge in [0.15, 0.2) is 0 Å². The fourth-order valence-electron chi connectivity index (χ4n) is 2.89. The van der Waals surface area contributed by atoms with E-state index < -0.39 is 0 Å². The van der Waals surface area contributed by atoms with Crippen LogP contribution in [0, 0.1) is 5.92 Å². The quantitative estimate of drug-likeness (QED) is 0.754. The van der Waals surface area contributed by atoms with Crippen LogP contribution in [0.15, 0.2) is 0 Å². The molecule has 2 aliphatic heterocycles. The summed E-state index contributed by atoms with van der Waals surface area (Å²) in [6.45, 7) is 7.27. The van der Waals surface area contributed by atoms with Crippen molar-refractivity contribution < 1.29 is 4.79 Å². The van der Waals surface area contributed by atoms with E-state index in [0.29, 0.717) is 5.92 Å². The fraction of sp³-hybridized carbons (Fsp3) is 0.923.